The highest BCUT2D eigenvalue weighted by Gasteiger charge is 2.05. The summed E-state index contributed by atoms with van der Waals surface area (Å²) in [7, 11) is 0. The topological polar surface area (TPSA) is 80.6 Å². The molecule has 0 saturated heterocycles. The highest BCUT2D eigenvalue weighted by Crippen LogP contribution is 2.17. The van der Waals surface area contributed by atoms with Gasteiger partial charge in [0.15, 0.2) is 0 Å². The molecule has 0 atom stereocenters. The van der Waals surface area contributed by atoms with Crippen LogP contribution < -0.4 is 15.4 Å². The van der Waals surface area contributed by atoms with E-state index in [2.05, 4.69) is 10.6 Å². The molecule has 2 rings (SSSR count). The quantitative estimate of drug-likeness (QED) is 0.685. The third kappa shape index (κ3) is 6.55. The Morgan fingerprint density at radius 3 is 2.76 bits per heavy atom. The lowest BCUT2D eigenvalue weighted by atomic mass is 10.1. The highest BCUT2D eigenvalue weighted by molar-refractivity contribution is 5.94. The lowest BCUT2D eigenvalue weighted by Gasteiger charge is -2.10. The molecule has 25 heavy (non-hydrogen) atoms. The summed E-state index contributed by atoms with van der Waals surface area (Å²) in [6.07, 6.45) is 5.05. The van der Waals surface area contributed by atoms with Gasteiger partial charge < -0.3 is 19.8 Å². The summed E-state index contributed by atoms with van der Waals surface area (Å²) >= 11 is 0. The maximum atomic E-state index is 11.8. The first-order chi connectivity index (χ1) is 12.2. The van der Waals surface area contributed by atoms with E-state index in [0.717, 1.165) is 11.3 Å². The highest BCUT2D eigenvalue weighted by atomic mass is 16.5. The molecule has 2 amide bonds. The molecule has 0 bridgehead atoms. The summed E-state index contributed by atoms with van der Waals surface area (Å²) in [4.78, 5) is 23.4. The number of benzene rings is 1. The second-order valence-corrected chi connectivity index (χ2v) is 5.21. The third-order valence-corrected chi connectivity index (χ3v) is 3.35. The van der Waals surface area contributed by atoms with Gasteiger partial charge in [-0.05, 0) is 43.2 Å². The van der Waals surface area contributed by atoms with Gasteiger partial charge in [0, 0.05) is 12.6 Å². The number of amides is 2. The third-order valence-electron chi connectivity index (χ3n) is 3.35. The maximum Gasteiger partial charge on any atom is 0.244 e. The van der Waals surface area contributed by atoms with Crippen LogP contribution in [0.2, 0.25) is 0 Å². The number of nitrogens with one attached hydrogen (secondary N) is 2. The van der Waals surface area contributed by atoms with E-state index in [0.29, 0.717) is 25.3 Å². The minimum atomic E-state index is -0.353. The number of hydrogen-bond acceptors (Lipinski definition) is 4. The summed E-state index contributed by atoms with van der Waals surface area (Å²) in [6.45, 7) is 2.93. The van der Waals surface area contributed by atoms with Crippen molar-refractivity contribution in [3.8, 4) is 5.75 Å². The molecule has 0 aliphatic heterocycles. The Bertz CT molecular complexity index is 708. The molecule has 0 saturated carbocycles. The molecule has 0 radical (unpaired) electrons. The average molecular weight is 342 g/mol. The first kappa shape index (κ1) is 18.3. The summed E-state index contributed by atoms with van der Waals surface area (Å²) < 4.78 is 10.6. The van der Waals surface area contributed by atoms with Crippen LogP contribution in [0, 0.1) is 0 Å². The second-order valence-electron chi connectivity index (χ2n) is 5.21. The van der Waals surface area contributed by atoms with Crippen molar-refractivity contribution in [2.24, 2.45) is 0 Å². The predicted octanol–water partition coefficient (Wildman–Crippen LogP) is 2.17. The molecule has 132 valence electrons. The zero-order chi connectivity index (χ0) is 17.9. The lowest BCUT2D eigenvalue weighted by Crippen LogP contribution is -2.37. The smallest absolute Gasteiger partial charge is 0.244 e. The molecule has 0 spiro atoms. The van der Waals surface area contributed by atoms with Crippen LogP contribution in [-0.4, -0.2) is 31.5 Å². The van der Waals surface area contributed by atoms with Gasteiger partial charge in [0.05, 0.1) is 19.4 Å². The molecule has 2 N–H and O–H groups in total. The molecule has 6 heteroatoms. The van der Waals surface area contributed by atoms with Crippen LogP contribution in [0.3, 0.4) is 0 Å². The van der Waals surface area contributed by atoms with E-state index in [1.54, 1.807) is 12.1 Å². The standard InChI is InChI=1S/C19H22N2O4/c1-2-24-17-8-4-3-6-15(17)11-12-20-19(23)14-21-18(22)10-9-16-7-5-13-25-16/h3-10,13H,2,11-12,14H2,1H3,(H,20,23)(H,21,22)/b10-9+. The molecule has 0 fully saturated rings. The fraction of sp³-hybridized carbons (Fsp3) is 0.263. The van der Waals surface area contributed by atoms with Crippen molar-refractivity contribution < 1.29 is 18.7 Å². The second kappa shape index (κ2) is 9.97. The number of para-hydroxylation sites is 1. The SMILES string of the molecule is CCOc1ccccc1CCNC(=O)CNC(=O)/C=C/c1ccco1. The minimum absolute atomic E-state index is 0.0750. The Balaban J connectivity index is 1.68. The number of carbonyl (C=O) groups is 2. The molecule has 0 aliphatic rings. The molecule has 0 unspecified atom stereocenters. The Kier molecular flexibility index (Phi) is 7.31. The van der Waals surface area contributed by atoms with Gasteiger partial charge in [-0.3, -0.25) is 9.59 Å². The van der Waals surface area contributed by atoms with E-state index < -0.39 is 0 Å². The van der Waals surface area contributed by atoms with E-state index in [-0.39, 0.29) is 18.4 Å². The summed E-state index contributed by atoms with van der Waals surface area (Å²) in [6, 6.07) is 11.2. The van der Waals surface area contributed by atoms with Gasteiger partial charge in [-0.2, -0.15) is 0 Å². The van der Waals surface area contributed by atoms with Gasteiger partial charge in [0.2, 0.25) is 11.8 Å². The Labute approximate surface area is 146 Å². The van der Waals surface area contributed by atoms with Gasteiger partial charge in [-0.25, -0.2) is 0 Å². The van der Waals surface area contributed by atoms with E-state index in [1.807, 2.05) is 31.2 Å². The fourth-order valence-corrected chi connectivity index (χ4v) is 2.18. The van der Waals surface area contributed by atoms with Crippen LogP contribution >= 0.6 is 0 Å². The van der Waals surface area contributed by atoms with Crippen molar-refractivity contribution in [2.45, 2.75) is 13.3 Å². The molecule has 1 aromatic heterocycles. The van der Waals surface area contributed by atoms with Crippen molar-refractivity contribution in [3.05, 3.63) is 60.1 Å². The fourth-order valence-electron chi connectivity index (χ4n) is 2.18. The van der Waals surface area contributed by atoms with Crippen molar-refractivity contribution in [2.75, 3.05) is 19.7 Å². The summed E-state index contributed by atoms with van der Waals surface area (Å²) in [5.41, 5.74) is 1.04. The number of furan rings is 1. The predicted molar refractivity (Wildman–Crippen MR) is 95.1 cm³/mol. The van der Waals surface area contributed by atoms with Crippen molar-refractivity contribution in [1.82, 2.24) is 10.6 Å². The van der Waals surface area contributed by atoms with Crippen LogP contribution in [0.25, 0.3) is 6.08 Å². The van der Waals surface area contributed by atoms with E-state index in [1.165, 1.54) is 18.4 Å². The zero-order valence-corrected chi connectivity index (χ0v) is 14.2. The Hall–Kier alpha value is -3.02. The molecule has 2 aromatic rings. The number of hydrogen-bond donors (Lipinski definition) is 2. The average Bonchev–Trinajstić information content (AvgIpc) is 3.13. The normalized spacial score (nSPS) is 10.6. The number of ether oxygens (including phenoxy) is 1. The van der Waals surface area contributed by atoms with Gasteiger partial charge in [0.1, 0.15) is 11.5 Å². The molecule has 1 heterocycles. The van der Waals surface area contributed by atoms with Gasteiger partial charge in [-0.1, -0.05) is 18.2 Å². The summed E-state index contributed by atoms with van der Waals surface area (Å²) in [5.74, 6) is 0.810. The number of rotatable bonds is 9. The van der Waals surface area contributed by atoms with Crippen LogP contribution in [0.1, 0.15) is 18.2 Å². The van der Waals surface area contributed by atoms with E-state index >= 15 is 0 Å². The van der Waals surface area contributed by atoms with Crippen molar-refractivity contribution in [3.63, 3.8) is 0 Å². The van der Waals surface area contributed by atoms with Crippen molar-refractivity contribution >= 4 is 17.9 Å². The van der Waals surface area contributed by atoms with Crippen LogP contribution in [-0.2, 0) is 16.0 Å². The van der Waals surface area contributed by atoms with Gasteiger partial charge in [0.25, 0.3) is 0 Å². The van der Waals surface area contributed by atoms with Crippen LogP contribution in [0.15, 0.2) is 53.2 Å². The molecular weight excluding hydrogens is 320 g/mol. The first-order valence-electron chi connectivity index (χ1n) is 8.16. The maximum absolute atomic E-state index is 11.8. The zero-order valence-electron chi connectivity index (χ0n) is 14.2. The van der Waals surface area contributed by atoms with Crippen LogP contribution in [0.4, 0.5) is 0 Å². The largest absolute Gasteiger partial charge is 0.494 e. The van der Waals surface area contributed by atoms with Gasteiger partial charge >= 0.3 is 0 Å². The summed E-state index contributed by atoms with van der Waals surface area (Å²) in [5, 5.41) is 5.29. The lowest BCUT2D eigenvalue weighted by molar-refractivity contribution is -0.123. The number of carbonyl (C=O) groups excluding carboxylic acids is 2. The Morgan fingerprint density at radius 1 is 1.16 bits per heavy atom. The monoisotopic (exact) mass is 342 g/mol. The Morgan fingerprint density at radius 2 is 2.00 bits per heavy atom. The minimum Gasteiger partial charge on any atom is -0.494 e. The molecule has 6 nitrogen and oxygen atoms in total. The van der Waals surface area contributed by atoms with E-state index in [9.17, 15) is 9.59 Å². The van der Waals surface area contributed by atoms with E-state index in [4.69, 9.17) is 9.15 Å². The van der Waals surface area contributed by atoms with Crippen LogP contribution in [0.5, 0.6) is 5.75 Å². The molecular formula is C19H22N2O4. The van der Waals surface area contributed by atoms with Gasteiger partial charge in [-0.15, -0.1) is 0 Å². The molecule has 1 aromatic carbocycles. The van der Waals surface area contributed by atoms with Crippen molar-refractivity contribution in [1.29, 1.82) is 0 Å². The molecule has 0 aliphatic carbocycles. The first-order valence-corrected chi connectivity index (χ1v) is 8.16.